The molecule has 0 aromatic heterocycles. The van der Waals surface area contributed by atoms with E-state index in [2.05, 4.69) is 19.9 Å². The smallest absolute Gasteiger partial charge is 0.455 e. The summed E-state index contributed by atoms with van der Waals surface area (Å²) in [6, 6.07) is 12.1. The third-order valence-electron chi connectivity index (χ3n) is 8.44. The van der Waals surface area contributed by atoms with E-state index in [0.29, 0.717) is 35.3 Å². The normalized spacial score (nSPS) is 25.3. The minimum absolute atomic E-state index is 0.0206. The van der Waals surface area contributed by atoms with Gasteiger partial charge in [-0.3, -0.25) is 9.59 Å². The highest BCUT2D eigenvalue weighted by Crippen LogP contribution is 2.51. The minimum Gasteiger partial charge on any atom is -0.508 e. The quantitative estimate of drug-likeness (QED) is 0.298. The summed E-state index contributed by atoms with van der Waals surface area (Å²) in [5, 5.41) is 21.0. The molecule has 0 saturated carbocycles. The third kappa shape index (κ3) is 5.02. The molecule has 2 aliphatic carbocycles. The molecule has 5 rings (SSSR count). The first-order valence-electron chi connectivity index (χ1n) is 13.7. The molecule has 1 aliphatic heterocycles. The topological polar surface area (TPSA) is 83.8 Å². The van der Waals surface area contributed by atoms with Gasteiger partial charge in [-0.1, -0.05) is 73.4 Å². The van der Waals surface area contributed by atoms with Gasteiger partial charge in [0.05, 0.1) is 11.1 Å². The van der Waals surface area contributed by atoms with E-state index in [1.807, 2.05) is 12.1 Å². The molecule has 7 heteroatoms. The largest absolute Gasteiger partial charge is 0.508 e. The first kappa shape index (κ1) is 26.9. The van der Waals surface area contributed by atoms with Gasteiger partial charge in [0.25, 0.3) is 0 Å². The Hall–Kier alpha value is -2.67. The van der Waals surface area contributed by atoms with Crippen LogP contribution in [0.1, 0.15) is 78.7 Å². The Labute approximate surface area is 229 Å². The van der Waals surface area contributed by atoms with Crippen LogP contribution in [-0.2, 0) is 4.65 Å². The summed E-state index contributed by atoms with van der Waals surface area (Å²) in [4.78, 5) is 27.3. The summed E-state index contributed by atoms with van der Waals surface area (Å²) >= 11 is 6.34. The number of benzene rings is 2. The van der Waals surface area contributed by atoms with Crippen molar-refractivity contribution in [2.75, 3.05) is 0 Å². The molecular formula is C31H34BClO5. The number of phenols is 1. The third-order valence-corrected chi connectivity index (χ3v) is 8.77. The molecular weight excluding hydrogens is 499 g/mol. The van der Waals surface area contributed by atoms with Crippen molar-refractivity contribution in [1.82, 2.24) is 0 Å². The minimum atomic E-state index is -0.976. The molecule has 4 atom stereocenters. The molecule has 1 heterocycles. The van der Waals surface area contributed by atoms with E-state index in [1.165, 1.54) is 17.2 Å². The van der Waals surface area contributed by atoms with Crippen LogP contribution in [0.15, 0.2) is 59.2 Å². The van der Waals surface area contributed by atoms with Crippen LogP contribution < -0.4 is 0 Å². The number of ketones is 2. The van der Waals surface area contributed by atoms with Crippen molar-refractivity contribution in [3.8, 4) is 5.75 Å². The van der Waals surface area contributed by atoms with Crippen molar-refractivity contribution in [2.45, 2.75) is 64.8 Å². The number of rotatable bonds is 7. The van der Waals surface area contributed by atoms with Crippen LogP contribution in [0.25, 0.3) is 6.08 Å². The highest BCUT2D eigenvalue weighted by atomic mass is 35.5. The SMILES string of the molecule is CCCC1=C2[C@@H](CC/C(=C/c3ccc(O)cc3Cl)CC)OB(O)C[C@@H]2[C@@H]2C(=O)c3ccccc3C(=O)[C@@H]2C1. The van der Waals surface area contributed by atoms with E-state index < -0.39 is 13.0 Å². The van der Waals surface area contributed by atoms with Crippen LogP contribution in [0.4, 0.5) is 0 Å². The van der Waals surface area contributed by atoms with E-state index in [9.17, 15) is 19.7 Å². The molecule has 0 bridgehead atoms. The van der Waals surface area contributed by atoms with E-state index in [4.69, 9.17) is 16.3 Å². The molecule has 2 aromatic carbocycles. The van der Waals surface area contributed by atoms with Gasteiger partial charge in [0.2, 0.25) is 0 Å². The zero-order chi connectivity index (χ0) is 27.0. The van der Waals surface area contributed by atoms with Crippen LogP contribution in [0.3, 0.4) is 0 Å². The lowest BCUT2D eigenvalue weighted by atomic mass is 9.54. The summed E-state index contributed by atoms with van der Waals surface area (Å²) < 4.78 is 6.14. The number of halogens is 1. The number of carbonyl (C=O) groups is 2. The fraction of sp³-hybridized carbons (Fsp3) is 0.419. The number of aromatic hydroxyl groups is 1. The van der Waals surface area contributed by atoms with Crippen molar-refractivity contribution < 1.29 is 24.4 Å². The molecule has 0 radical (unpaired) electrons. The zero-order valence-corrected chi connectivity index (χ0v) is 22.7. The van der Waals surface area contributed by atoms with Crippen molar-refractivity contribution in [1.29, 1.82) is 0 Å². The standard InChI is InChI=1S/C31H34BClO5/c1-3-7-20-15-24-29(31(36)23-9-6-5-8-22(23)30(24)35)25-17-32(37)38-27(28(20)25)13-10-18(4-2)14-19-11-12-21(34)16-26(19)33/h5-6,8-9,11-12,14,16,24-25,27,29,34,37H,3-4,7,10,13,15,17H2,1-2H3/b18-14+/t24-,25+,27-,29-/m1/s1. The predicted molar refractivity (Wildman–Crippen MR) is 150 cm³/mol. The molecule has 2 aromatic rings. The Morgan fingerprint density at radius 3 is 2.53 bits per heavy atom. The summed E-state index contributed by atoms with van der Waals surface area (Å²) in [5.41, 5.74) is 5.43. The molecule has 1 saturated heterocycles. The summed E-state index contributed by atoms with van der Waals surface area (Å²) in [6.07, 6.45) is 6.69. The average Bonchev–Trinajstić information content (AvgIpc) is 2.90. The molecule has 3 aliphatic rings. The fourth-order valence-electron chi connectivity index (χ4n) is 6.73. The van der Waals surface area contributed by atoms with Gasteiger partial charge in [0, 0.05) is 23.0 Å². The van der Waals surface area contributed by atoms with Crippen molar-refractivity contribution in [3.05, 3.63) is 80.9 Å². The first-order chi connectivity index (χ1) is 18.3. The van der Waals surface area contributed by atoms with Gasteiger partial charge < -0.3 is 14.8 Å². The highest BCUT2D eigenvalue weighted by molar-refractivity contribution is 6.43. The predicted octanol–water partition coefficient (Wildman–Crippen LogP) is 6.93. The second-order valence-electron chi connectivity index (χ2n) is 10.7. The molecule has 2 N–H and O–H groups in total. The zero-order valence-electron chi connectivity index (χ0n) is 22.0. The van der Waals surface area contributed by atoms with Crippen LogP contribution in [0, 0.1) is 17.8 Å². The summed E-state index contributed by atoms with van der Waals surface area (Å²) in [7, 11) is -0.976. The van der Waals surface area contributed by atoms with Crippen molar-refractivity contribution in [3.63, 3.8) is 0 Å². The van der Waals surface area contributed by atoms with Gasteiger partial charge in [0.1, 0.15) is 5.75 Å². The maximum Gasteiger partial charge on any atom is 0.455 e. The van der Waals surface area contributed by atoms with Crippen LogP contribution in [0.5, 0.6) is 5.75 Å². The lowest BCUT2D eigenvalue weighted by molar-refractivity contribution is 0.0598. The maximum atomic E-state index is 13.8. The van der Waals surface area contributed by atoms with Gasteiger partial charge in [0.15, 0.2) is 11.6 Å². The second-order valence-corrected chi connectivity index (χ2v) is 11.1. The van der Waals surface area contributed by atoms with E-state index in [-0.39, 0.29) is 35.3 Å². The Bertz CT molecular complexity index is 1320. The Morgan fingerprint density at radius 1 is 1.11 bits per heavy atom. The van der Waals surface area contributed by atoms with Crippen molar-refractivity contribution in [2.24, 2.45) is 17.8 Å². The van der Waals surface area contributed by atoms with Gasteiger partial charge in [-0.2, -0.15) is 0 Å². The summed E-state index contributed by atoms with van der Waals surface area (Å²) in [5.74, 6) is -0.823. The lowest BCUT2D eigenvalue weighted by Crippen LogP contribution is -2.50. The van der Waals surface area contributed by atoms with Gasteiger partial charge in [-0.25, -0.2) is 0 Å². The molecule has 0 spiro atoms. The van der Waals surface area contributed by atoms with Gasteiger partial charge in [-0.15, -0.1) is 0 Å². The number of phenolic OH excluding ortho intramolecular Hbond substituents is 1. The Morgan fingerprint density at radius 2 is 1.84 bits per heavy atom. The highest BCUT2D eigenvalue weighted by Gasteiger charge is 2.53. The summed E-state index contributed by atoms with van der Waals surface area (Å²) in [6.45, 7) is 4.22. The lowest BCUT2D eigenvalue weighted by Gasteiger charge is -2.47. The number of carbonyl (C=O) groups excluding carboxylic acids is 2. The average molecular weight is 533 g/mol. The molecule has 198 valence electrons. The molecule has 38 heavy (non-hydrogen) atoms. The van der Waals surface area contributed by atoms with Crippen molar-refractivity contribution >= 4 is 36.4 Å². The van der Waals surface area contributed by atoms with Crippen LogP contribution >= 0.6 is 11.6 Å². The number of Topliss-reactive ketones (excluding diaryl/α,β-unsaturated/α-hetero) is 2. The van der Waals surface area contributed by atoms with Crippen LogP contribution in [-0.4, -0.2) is 34.9 Å². The van der Waals surface area contributed by atoms with Gasteiger partial charge >= 0.3 is 7.12 Å². The Kier molecular flexibility index (Phi) is 7.94. The van der Waals surface area contributed by atoms with Gasteiger partial charge in [-0.05, 0) is 73.7 Å². The Balaban J connectivity index is 1.47. The molecule has 5 nitrogen and oxygen atoms in total. The van der Waals surface area contributed by atoms with E-state index >= 15 is 0 Å². The van der Waals surface area contributed by atoms with E-state index in [1.54, 1.807) is 24.3 Å². The number of allylic oxidation sites excluding steroid dienone is 2. The maximum absolute atomic E-state index is 13.8. The van der Waals surface area contributed by atoms with E-state index in [0.717, 1.165) is 36.8 Å². The number of hydrogen-bond acceptors (Lipinski definition) is 5. The fourth-order valence-corrected chi connectivity index (χ4v) is 6.96. The first-order valence-corrected chi connectivity index (χ1v) is 14.1. The van der Waals surface area contributed by atoms with Crippen LogP contribution in [0.2, 0.25) is 11.3 Å². The molecule has 1 fully saturated rings. The monoisotopic (exact) mass is 532 g/mol. The second kappa shape index (κ2) is 11.2. The molecule has 0 amide bonds. The number of hydrogen-bond donors (Lipinski definition) is 2. The molecule has 0 unspecified atom stereocenters. The number of fused-ring (bicyclic) bond motifs is 4.